The summed E-state index contributed by atoms with van der Waals surface area (Å²) in [6.07, 6.45) is 3.07. The third kappa shape index (κ3) is 2.48. The molecule has 84 valence electrons. The van der Waals surface area contributed by atoms with Crippen molar-refractivity contribution in [3.63, 3.8) is 0 Å². The molecule has 1 aliphatic rings. The monoisotopic (exact) mass is 199 g/mol. The van der Waals surface area contributed by atoms with Gasteiger partial charge in [-0.15, -0.1) is 0 Å². The van der Waals surface area contributed by atoms with E-state index in [1.165, 1.54) is 13.0 Å². The highest BCUT2D eigenvalue weighted by atomic mass is 16.3. The molecule has 2 nitrogen and oxygen atoms in total. The number of aliphatic hydroxyl groups is 1. The molecule has 1 rings (SSSR count). The van der Waals surface area contributed by atoms with Crippen molar-refractivity contribution in [2.24, 2.45) is 5.41 Å². The van der Waals surface area contributed by atoms with Gasteiger partial charge in [-0.25, -0.2) is 0 Å². The van der Waals surface area contributed by atoms with Gasteiger partial charge in [-0.1, -0.05) is 27.7 Å². The third-order valence-electron chi connectivity index (χ3n) is 3.62. The van der Waals surface area contributed by atoms with Crippen molar-refractivity contribution in [3.05, 3.63) is 0 Å². The van der Waals surface area contributed by atoms with E-state index in [1.54, 1.807) is 0 Å². The minimum atomic E-state index is -0.447. The maximum atomic E-state index is 10.5. The summed E-state index contributed by atoms with van der Waals surface area (Å²) in [6.45, 7) is 11.9. The van der Waals surface area contributed by atoms with Crippen LogP contribution in [0.4, 0.5) is 0 Å². The Balaban J connectivity index is 2.49. The minimum Gasteiger partial charge on any atom is -0.389 e. The van der Waals surface area contributed by atoms with Crippen LogP contribution in [-0.2, 0) is 0 Å². The fourth-order valence-corrected chi connectivity index (χ4v) is 2.21. The van der Waals surface area contributed by atoms with Crippen LogP contribution in [0.2, 0.25) is 0 Å². The predicted molar refractivity (Wildman–Crippen MR) is 60.4 cm³/mol. The largest absolute Gasteiger partial charge is 0.389 e. The molecule has 2 heteroatoms. The van der Waals surface area contributed by atoms with Crippen molar-refractivity contribution in [1.82, 2.24) is 4.90 Å². The maximum Gasteiger partial charge on any atom is 0.0720 e. The van der Waals surface area contributed by atoms with E-state index < -0.39 is 5.60 Å². The summed E-state index contributed by atoms with van der Waals surface area (Å²) >= 11 is 0. The van der Waals surface area contributed by atoms with Crippen LogP contribution in [0, 0.1) is 5.41 Å². The molecular formula is C12H25NO. The van der Waals surface area contributed by atoms with E-state index in [2.05, 4.69) is 32.6 Å². The Hall–Kier alpha value is -0.0800. The van der Waals surface area contributed by atoms with E-state index in [4.69, 9.17) is 0 Å². The quantitative estimate of drug-likeness (QED) is 0.737. The molecule has 1 fully saturated rings. The fourth-order valence-electron chi connectivity index (χ4n) is 2.21. The van der Waals surface area contributed by atoms with E-state index >= 15 is 0 Å². The molecule has 0 aromatic rings. The van der Waals surface area contributed by atoms with E-state index in [0.29, 0.717) is 0 Å². The zero-order valence-corrected chi connectivity index (χ0v) is 10.1. The average Bonchev–Trinajstić information content (AvgIpc) is 2.08. The average molecular weight is 199 g/mol. The number of hydrogen-bond acceptors (Lipinski definition) is 2. The second kappa shape index (κ2) is 4.19. The molecule has 0 atom stereocenters. The highest BCUT2D eigenvalue weighted by Crippen LogP contribution is 2.38. The number of nitrogens with zero attached hydrogens (tertiary/aromatic N) is 1. The summed E-state index contributed by atoms with van der Waals surface area (Å²) in [7, 11) is 0. The molecule has 0 unspecified atom stereocenters. The molecule has 0 aromatic heterocycles. The molecule has 0 saturated carbocycles. The summed E-state index contributed by atoms with van der Waals surface area (Å²) in [5.74, 6) is 0. The number of likely N-dealkylation sites (tertiary alicyclic amines) is 1. The Morgan fingerprint density at radius 3 is 2.07 bits per heavy atom. The van der Waals surface area contributed by atoms with Gasteiger partial charge in [0.15, 0.2) is 0 Å². The fraction of sp³-hybridized carbons (Fsp3) is 1.00. The maximum absolute atomic E-state index is 10.5. The minimum absolute atomic E-state index is 0.0192. The molecule has 0 aromatic carbocycles. The Morgan fingerprint density at radius 2 is 1.71 bits per heavy atom. The molecule has 1 N–H and O–H groups in total. The Kier molecular flexibility index (Phi) is 3.59. The first-order valence-corrected chi connectivity index (χ1v) is 5.84. The predicted octanol–water partition coefficient (Wildman–Crippen LogP) is 2.27. The molecule has 0 spiro atoms. The first kappa shape index (κ1) is 12.0. The van der Waals surface area contributed by atoms with Gasteiger partial charge in [0.25, 0.3) is 0 Å². The van der Waals surface area contributed by atoms with Gasteiger partial charge >= 0.3 is 0 Å². The van der Waals surface area contributed by atoms with Crippen LogP contribution >= 0.6 is 0 Å². The SMILES string of the molecule is CCCN1CCC(O)(C(C)(C)C)CC1. The molecule has 1 heterocycles. The van der Waals surface area contributed by atoms with Crippen molar-refractivity contribution < 1.29 is 5.11 Å². The molecular weight excluding hydrogens is 174 g/mol. The van der Waals surface area contributed by atoms with Crippen LogP contribution < -0.4 is 0 Å². The lowest BCUT2D eigenvalue weighted by atomic mass is 9.71. The lowest BCUT2D eigenvalue weighted by molar-refractivity contribution is -0.0987. The second-order valence-electron chi connectivity index (χ2n) is 5.62. The number of rotatable bonds is 2. The zero-order valence-electron chi connectivity index (χ0n) is 10.1. The van der Waals surface area contributed by atoms with Gasteiger partial charge in [-0.2, -0.15) is 0 Å². The van der Waals surface area contributed by atoms with Crippen molar-refractivity contribution in [2.75, 3.05) is 19.6 Å². The number of hydrogen-bond donors (Lipinski definition) is 1. The Morgan fingerprint density at radius 1 is 1.21 bits per heavy atom. The summed E-state index contributed by atoms with van der Waals surface area (Å²) in [6, 6.07) is 0. The summed E-state index contributed by atoms with van der Waals surface area (Å²) in [5.41, 5.74) is -0.428. The summed E-state index contributed by atoms with van der Waals surface area (Å²) in [5, 5.41) is 10.5. The van der Waals surface area contributed by atoms with Crippen LogP contribution in [-0.4, -0.2) is 35.2 Å². The van der Waals surface area contributed by atoms with Gasteiger partial charge in [-0.3, -0.25) is 0 Å². The second-order valence-corrected chi connectivity index (χ2v) is 5.62. The van der Waals surface area contributed by atoms with Crippen molar-refractivity contribution in [3.8, 4) is 0 Å². The van der Waals surface area contributed by atoms with E-state index in [1.807, 2.05) is 0 Å². The molecule has 0 amide bonds. The van der Waals surface area contributed by atoms with Crippen LogP contribution in [0.3, 0.4) is 0 Å². The van der Waals surface area contributed by atoms with Gasteiger partial charge < -0.3 is 10.0 Å². The lowest BCUT2D eigenvalue weighted by Crippen LogP contribution is -2.51. The summed E-state index contributed by atoms with van der Waals surface area (Å²) < 4.78 is 0. The van der Waals surface area contributed by atoms with Gasteiger partial charge in [0, 0.05) is 13.1 Å². The molecule has 0 aliphatic carbocycles. The van der Waals surface area contributed by atoms with Gasteiger partial charge in [0.1, 0.15) is 0 Å². The van der Waals surface area contributed by atoms with Crippen LogP contribution in [0.25, 0.3) is 0 Å². The van der Waals surface area contributed by atoms with Crippen LogP contribution in [0.5, 0.6) is 0 Å². The van der Waals surface area contributed by atoms with E-state index in [9.17, 15) is 5.11 Å². The normalized spacial score (nSPS) is 23.8. The Labute approximate surface area is 88.3 Å². The molecule has 1 aliphatic heterocycles. The molecule has 1 saturated heterocycles. The van der Waals surface area contributed by atoms with Crippen molar-refractivity contribution in [1.29, 1.82) is 0 Å². The topological polar surface area (TPSA) is 23.5 Å². The van der Waals surface area contributed by atoms with Crippen molar-refractivity contribution >= 4 is 0 Å². The third-order valence-corrected chi connectivity index (χ3v) is 3.62. The molecule has 0 bridgehead atoms. The zero-order chi connectivity index (χ0) is 10.8. The highest BCUT2D eigenvalue weighted by Gasteiger charge is 2.41. The van der Waals surface area contributed by atoms with Gasteiger partial charge in [-0.05, 0) is 31.2 Å². The van der Waals surface area contributed by atoms with Crippen LogP contribution in [0.15, 0.2) is 0 Å². The first-order chi connectivity index (χ1) is 6.39. The van der Waals surface area contributed by atoms with Gasteiger partial charge in [0.05, 0.1) is 5.60 Å². The van der Waals surface area contributed by atoms with Gasteiger partial charge in [0.2, 0.25) is 0 Å². The molecule has 0 radical (unpaired) electrons. The standard InChI is InChI=1S/C12H25NO/c1-5-8-13-9-6-12(14,7-10-13)11(2,3)4/h14H,5-10H2,1-4H3. The number of piperidine rings is 1. The van der Waals surface area contributed by atoms with E-state index in [0.717, 1.165) is 25.9 Å². The smallest absolute Gasteiger partial charge is 0.0720 e. The van der Waals surface area contributed by atoms with Crippen LogP contribution in [0.1, 0.15) is 47.0 Å². The summed E-state index contributed by atoms with van der Waals surface area (Å²) in [4.78, 5) is 2.46. The Bertz CT molecular complexity index is 175. The van der Waals surface area contributed by atoms with E-state index in [-0.39, 0.29) is 5.41 Å². The highest BCUT2D eigenvalue weighted by molar-refractivity contribution is 4.94. The first-order valence-electron chi connectivity index (χ1n) is 5.84. The van der Waals surface area contributed by atoms with Crippen molar-refractivity contribution in [2.45, 2.75) is 52.6 Å². The molecule has 14 heavy (non-hydrogen) atoms. The lowest BCUT2D eigenvalue weighted by Gasteiger charge is -2.46.